The van der Waals surface area contributed by atoms with Gasteiger partial charge in [0, 0.05) is 18.7 Å². The molecule has 0 bridgehead atoms. The molecule has 0 aromatic heterocycles. The van der Waals surface area contributed by atoms with Gasteiger partial charge in [-0.15, -0.1) is 0 Å². The van der Waals surface area contributed by atoms with Crippen LogP contribution in [0.15, 0.2) is 36.4 Å². The average Bonchev–Trinajstić information content (AvgIpc) is 3.14. The molecule has 2 aromatic carbocycles. The third-order valence-electron chi connectivity index (χ3n) is 5.25. The number of aliphatic carboxylic acids is 1. The van der Waals surface area contributed by atoms with Crippen molar-refractivity contribution >= 4 is 5.97 Å². The Kier molecular flexibility index (Phi) is 5.39. The second kappa shape index (κ2) is 8.10. The molecule has 0 spiro atoms. The van der Waals surface area contributed by atoms with Gasteiger partial charge in [0.15, 0.2) is 18.1 Å². The van der Waals surface area contributed by atoms with Crippen molar-refractivity contribution in [3.8, 4) is 28.4 Å². The van der Waals surface area contributed by atoms with Crippen LogP contribution in [0.4, 0.5) is 0 Å². The summed E-state index contributed by atoms with van der Waals surface area (Å²) in [5.74, 6) is 1.83. The van der Waals surface area contributed by atoms with E-state index in [2.05, 4.69) is 17.9 Å². The van der Waals surface area contributed by atoms with Crippen LogP contribution in [0.5, 0.6) is 17.2 Å². The smallest absolute Gasteiger partial charge is 0.341 e. The fourth-order valence-corrected chi connectivity index (χ4v) is 3.91. The molecule has 0 unspecified atom stereocenters. The topological polar surface area (TPSA) is 68.2 Å². The van der Waals surface area contributed by atoms with Crippen LogP contribution in [-0.2, 0) is 11.3 Å². The molecule has 0 aliphatic carbocycles. The van der Waals surface area contributed by atoms with Crippen LogP contribution in [0.25, 0.3) is 11.1 Å². The number of likely N-dealkylation sites (tertiary alicyclic amines) is 1. The minimum Gasteiger partial charge on any atom is -0.482 e. The first-order valence-electron chi connectivity index (χ1n) is 9.68. The number of hydrogen-bond donors (Lipinski definition) is 1. The van der Waals surface area contributed by atoms with E-state index in [0.717, 1.165) is 47.8 Å². The quantitative estimate of drug-likeness (QED) is 0.819. The van der Waals surface area contributed by atoms with Crippen molar-refractivity contribution in [2.45, 2.75) is 26.3 Å². The molecule has 1 N–H and O–H groups in total. The third kappa shape index (κ3) is 4.22. The van der Waals surface area contributed by atoms with E-state index in [4.69, 9.17) is 19.3 Å². The van der Waals surface area contributed by atoms with Crippen molar-refractivity contribution in [2.24, 2.45) is 5.92 Å². The molecule has 6 nitrogen and oxygen atoms in total. The van der Waals surface area contributed by atoms with Crippen LogP contribution in [-0.4, -0.2) is 42.5 Å². The van der Waals surface area contributed by atoms with Crippen LogP contribution in [0.2, 0.25) is 0 Å². The number of fused-ring (bicyclic) bond motifs is 1. The van der Waals surface area contributed by atoms with Crippen LogP contribution in [0.1, 0.15) is 25.3 Å². The van der Waals surface area contributed by atoms with Gasteiger partial charge >= 0.3 is 5.97 Å². The highest BCUT2D eigenvalue weighted by molar-refractivity contribution is 5.70. The number of ether oxygens (including phenoxy) is 3. The lowest BCUT2D eigenvalue weighted by Gasteiger charge is -2.31. The van der Waals surface area contributed by atoms with Gasteiger partial charge in [0.25, 0.3) is 0 Å². The summed E-state index contributed by atoms with van der Waals surface area (Å²) in [6, 6.07) is 11.8. The van der Waals surface area contributed by atoms with Crippen molar-refractivity contribution < 1.29 is 24.1 Å². The highest BCUT2D eigenvalue weighted by atomic mass is 16.7. The molecular weight excluding hydrogens is 358 g/mol. The zero-order valence-corrected chi connectivity index (χ0v) is 16.0. The maximum Gasteiger partial charge on any atom is 0.341 e. The Morgan fingerprint density at radius 3 is 2.79 bits per heavy atom. The van der Waals surface area contributed by atoms with Crippen molar-refractivity contribution in [3.05, 3.63) is 42.0 Å². The van der Waals surface area contributed by atoms with Gasteiger partial charge in [0.2, 0.25) is 6.79 Å². The number of hydrogen-bond acceptors (Lipinski definition) is 5. The standard InChI is InChI=1S/C22H25NO5/c1-15-3-2-8-23(11-15)12-18-9-16(4-6-19(18)26-13-22(24)25)17-5-7-20-21(10-17)28-14-27-20/h4-7,9-10,15H,2-3,8,11-14H2,1H3,(H,24,25)/t15-/m1/s1. The molecule has 2 aromatic rings. The zero-order chi connectivity index (χ0) is 19.5. The van der Waals surface area contributed by atoms with Crippen molar-refractivity contribution in [1.82, 2.24) is 4.90 Å². The number of nitrogens with zero attached hydrogens (tertiary/aromatic N) is 1. The highest BCUT2D eigenvalue weighted by Crippen LogP contribution is 2.37. The van der Waals surface area contributed by atoms with E-state index in [-0.39, 0.29) is 13.4 Å². The van der Waals surface area contributed by atoms with Crippen molar-refractivity contribution in [1.29, 1.82) is 0 Å². The molecule has 2 aliphatic rings. The van der Waals surface area contributed by atoms with Crippen LogP contribution in [0.3, 0.4) is 0 Å². The molecule has 0 saturated carbocycles. The monoisotopic (exact) mass is 383 g/mol. The molecule has 6 heteroatoms. The first-order chi connectivity index (χ1) is 13.6. The van der Waals surface area contributed by atoms with E-state index in [0.29, 0.717) is 11.7 Å². The second-order valence-electron chi connectivity index (χ2n) is 7.56. The normalized spacial score (nSPS) is 18.8. The number of piperidine rings is 1. The van der Waals surface area contributed by atoms with Crippen molar-refractivity contribution in [3.63, 3.8) is 0 Å². The number of rotatable bonds is 6. The number of benzene rings is 2. The Hall–Kier alpha value is -2.73. The van der Waals surface area contributed by atoms with E-state index < -0.39 is 5.97 Å². The average molecular weight is 383 g/mol. The third-order valence-corrected chi connectivity index (χ3v) is 5.25. The fourth-order valence-electron chi connectivity index (χ4n) is 3.91. The molecule has 0 amide bonds. The maximum absolute atomic E-state index is 11.0. The van der Waals surface area contributed by atoms with Crippen molar-refractivity contribution in [2.75, 3.05) is 26.5 Å². The summed E-state index contributed by atoms with van der Waals surface area (Å²) in [6.45, 7) is 5.03. The maximum atomic E-state index is 11.0. The highest BCUT2D eigenvalue weighted by Gasteiger charge is 2.19. The van der Waals surface area contributed by atoms with Gasteiger partial charge in [0.1, 0.15) is 5.75 Å². The Labute approximate surface area is 164 Å². The molecule has 1 atom stereocenters. The van der Waals surface area contributed by atoms with Gasteiger partial charge in [-0.05, 0) is 60.7 Å². The minimum absolute atomic E-state index is 0.249. The van der Waals surface area contributed by atoms with E-state index in [1.54, 1.807) is 0 Å². The summed E-state index contributed by atoms with van der Waals surface area (Å²) in [5.41, 5.74) is 3.08. The van der Waals surface area contributed by atoms with Gasteiger partial charge in [0.05, 0.1) is 0 Å². The van der Waals surface area contributed by atoms with E-state index in [1.807, 2.05) is 30.3 Å². The second-order valence-corrected chi connectivity index (χ2v) is 7.56. The molecule has 0 radical (unpaired) electrons. The van der Waals surface area contributed by atoms with Crippen LogP contribution in [0, 0.1) is 5.92 Å². The van der Waals surface area contributed by atoms with Gasteiger partial charge < -0.3 is 19.3 Å². The Balaban J connectivity index is 1.62. The van der Waals surface area contributed by atoms with Gasteiger partial charge in [-0.25, -0.2) is 4.79 Å². The molecular formula is C22H25NO5. The van der Waals surface area contributed by atoms with E-state index in [1.165, 1.54) is 12.8 Å². The summed E-state index contributed by atoms with van der Waals surface area (Å²) < 4.78 is 16.4. The Morgan fingerprint density at radius 1 is 1.18 bits per heavy atom. The van der Waals surface area contributed by atoms with Crippen LogP contribution < -0.4 is 14.2 Å². The van der Waals surface area contributed by atoms with E-state index >= 15 is 0 Å². The summed E-state index contributed by atoms with van der Waals surface area (Å²) in [5, 5.41) is 8.98. The summed E-state index contributed by atoms with van der Waals surface area (Å²) >= 11 is 0. The molecule has 2 aliphatic heterocycles. The zero-order valence-electron chi connectivity index (χ0n) is 16.0. The molecule has 148 valence electrons. The largest absolute Gasteiger partial charge is 0.482 e. The summed E-state index contributed by atoms with van der Waals surface area (Å²) in [4.78, 5) is 13.4. The molecule has 2 heterocycles. The summed E-state index contributed by atoms with van der Waals surface area (Å²) in [7, 11) is 0. The molecule has 28 heavy (non-hydrogen) atoms. The van der Waals surface area contributed by atoms with Gasteiger partial charge in [-0.1, -0.05) is 19.1 Å². The summed E-state index contributed by atoms with van der Waals surface area (Å²) in [6.07, 6.45) is 2.45. The first-order valence-corrected chi connectivity index (χ1v) is 9.68. The minimum atomic E-state index is -0.975. The van der Waals surface area contributed by atoms with Crippen LogP contribution >= 0.6 is 0 Å². The number of carbonyl (C=O) groups is 1. The lowest BCUT2D eigenvalue weighted by molar-refractivity contribution is -0.139. The predicted octanol–water partition coefficient (Wildman–Crippen LogP) is 3.78. The number of carboxylic acid groups (broad SMARTS) is 1. The Morgan fingerprint density at radius 2 is 1.96 bits per heavy atom. The Bertz CT molecular complexity index is 866. The molecule has 1 saturated heterocycles. The molecule has 1 fully saturated rings. The fraction of sp³-hybridized carbons (Fsp3) is 0.409. The van der Waals surface area contributed by atoms with Gasteiger partial charge in [-0.2, -0.15) is 0 Å². The SMILES string of the molecule is C[C@@H]1CCCN(Cc2cc(-c3ccc4c(c3)OCO4)ccc2OCC(=O)O)C1. The lowest BCUT2D eigenvalue weighted by Crippen LogP contribution is -2.33. The van der Waals surface area contributed by atoms with Gasteiger partial charge in [-0.3, -0.25) is 4.90 Å². The first kappa shape index (κ1) is 18.6. The molecule has 4 rings (SSSR count). The number of carboxylic acids is 1. The van der Waals surface area contributed by atoms with E-state index in [9.17, 15) is 4.79 Å². The predicted molar refractivity (Wildman–Crippen MR) is 105 cm³/mol. The lowest BCUT2D eigenvalue weighted by atomic mass is 9.98.